The number of benzene rings is 1. The van der Waals surface area contributed by atoms with Gasteiger partial charge in [0.2, 0.25) is 5.91 Å². The highest BCUT2D eigenvalue weighted by atomic mass is 35.5. The second-order valence-electron chi connectivity index (χ2n) is 5.32. The lowest BCUT2D eigenvalue weighted by Gasteiger charge is -2.10. The number of rotatable bonds is 5. The second-order valence-corrected chi connectivity index (χ2v) is 5.32. The molecular weight excluding hydrogens is 302 g/mol. The zero-order valence-corrected chi connectivity index (χ0v) is 13.1. The molecule has 1 aromatic heterocycles. The summed E-state index contributed by atoms with van der Waals surface area (Å²) in [6.45, 7) is 1.08. The van der Waals surface area contributed by atoms with Gasteiger partial charge in [0, 0.05) is 23.7 Å². The number of nitrogens with zero attached hydrogens (tertiary/aromatic N) is 1. The minimum atomic E-state index is 0. The summed E-state index contributed by atoms with van der Waals surface area (Å²) < 4.78 is 5.23. The monoisotopic (exact) mass is 321 g/mol. The highest BCUT2D eigenvalue weighted by Gasteiger charge is 2.15. The number of amides is 1. The molecule has 5 nitrogen and oxygen atoms in total. The van der Waals surface area contributed by atoms with E-state index in [0.29, 0.717) is 12.5 Å². The van der Waals surface area contributed by atoms with Crippen molar-refractivity contribution >= 4 is 24.0 Å². The van der Waals surface area contributed by atoms with Crippen molar-refractivity contribution in [1.29, 1.82) is 0 Å². The number of hydrogen-bond acceptors (Lipinski definition) is 4. The molecule has 1 amide bonds. The summed E-state index contributed by atoms with van der Waals surface area (Å²) in [6, 6.07) is 8.08. The van der Waals surface area contributed by atoms with Gasteiger partial charge in [0.05, 0.1) is 6.20 Å². The SMILES string of the molecule is Cl.O=C(CCC1CCCN1)Nc1ccc(-c2cnco2)cc1. The maximum atomic E-state index is 11.9. The predicted octanol–water partition coefficient (Wildman–Crippen LogP) is 3.23. The van der Waals surface area contributed by atoms with Crippen LogP contribution in [0.25, 0.3) is 11.3 Å². The topological polar surface area (TPSA) is 67.2 Å². The predicted molar refractivity (Wildman–Crippen MR) is 88.1 cm³/mol. The van der Waals surface area contributed by atoms with E-state index < -0.39 is 0 Å². The van der Waals surface area contributed by atoms with Crippen LogP contribution in [0.15, 0.2) is 41.3 Å². The second kappa shape index (κ2) is 7.96. The lowest BCUT2D eigenvalue weighted by Crippen LogP contribution is -2.23. The number of anilines is 1. The lowest BCUT2D eigenvalue weighted by atomic mass is 10.1. The van der Waals surface area contributed by atoms with E-state index in [-0.39, 0.29) is 18.3 Å². The summed E-state index contributed by atoms with van der Waals surface area (Å²) in [5, 5.41) is 6.33. The molecule has 1 unspecified atom stereocenters. The average molecular weight is 322 g/mol. The van der Waals surface area contributed by atoms with Gasteiger partial charge >= 0.3 is 0 Å². The molecule has 1 saturated heterocycles. The van der Waals surface area contributed by atoms with Crippen molar-refractivity contribution in [3.05, 3.63) is 36.9 Å². The normalized spacial score (nSPS) is 17.0. The third-order valence-electron chi connectivity index (χ3n) is 3.77. The quantitative estimate of drug-likeness (QED) is 0.887. The molecule has 22 heavy (non-hydrogen) atoms. The fourth-order valence-corrected chi connectivity index (χ4v) is 2.61. The number of aromatic nitrogens is 1. The van der Waals surface area contributed by atoms with Crippen LogP contribution in [0.3, 0.4) is 0 Å². The Morgan fingerprint density at radius 3 is 2.82 bits per heavy atom. The number of hydrogen-bond donors (Lipinski definition) is 2. The van der Waals surface area contributed by atoms with Gasteiger partial charge in [-0.2, -0.15) is 0 Å². The molecule has 0 aliphatic carbocycles. The molecular formula is C16H20ClN3O2. The van der Waals surface area contributed by atoms with Gasteiger partial charge in [0.15, 0.2) is 12.2 Å². The van der Waals surface area contributed by atoms with Gasteiger partial charge in [-0.3, -0.25) is 4.79 Å². The van der Waals surface area contributed by atoms with Crippen molar-refractivity contribution < 1.29 is 9.21 Å². The first-order valence-corrected chi connectivity index (χ1v) is 7.33. The summed E-state index contributed by atoms with van der Waals surface area (Å²) in [6.07, 6.45) is 6.93. The maximum absolute atomic E-state index is 11.9. The Bertz CT molecular complexity index is 578. The molecule has 1 fully saturated rings. The summed E-state index contributed by atoms with van der Waals surface area (Å²) in [5.41, 5.74) is 1.75. The van der Waals surface area contributed by atoms with E-state index in [0.717, 1.165) is 30.0 Å². The smallest absolute Gasteiger partial charge is 0.224 e. The van der Waals surface area contributed by atoms with Crippen molar-refractivity contribution in [2.24, 2.45) is 0 Å². The molecule has 1 aliphatic heterocycles. The van der Waals surface area contributed by atoms with Crippen LogP contribution < -0.4 is 10.6 Å². The molecule has 118 valence electrons. The first-order chi connectivity index (χ1) is 10.3. The molecule has 0 spiro atoms. The summed E-state index contributed by atoms with van der Waals surface area (Å²) in [4.78, 5) is 15.8. The van der Waals surface area contributed by atoms with Crippen molar-refractivity contribution in [3.63, 3.8) is 0 Å². The Kier molecular flexibility index (Phi) is 5.98. The Hall–Kier alpha value is -1.85. The largest absolute Gasteiger partial charge is 0.444 e. The molecule has 1 atom stereocenters. The standard InChI is InChI=1S/C16H19N3O2.ClH/c20-16(8-7-13-2-1-9-18-13)19-14-5-3-12(4-6-14)15-10-17-11-21-15;/h3-6,10-11,13,18H,1-2,7-9H2,(H,19,20);1H. The van der Waals surface area contributed by atoms with Crippen molar-refractivity contribution in [3.8, 4) is 11.3 Å². The highest BCUT2D eigenvalue weighted by Crippen LogP contribution is 2.21. The number of carbonyl (C=O) groups excluding carboxylic acids is 1. The van der Waals surface area contributed by atoms with Crippen LogP contribution in [-0.4, -0.2) is 23.5 Å². The zero-order valence-electron chi connectivity index (χ0n) is 12.2. The number of oxazole rings is 1. The molecule has 0 radical (unpaired) electrons. The van der Waals surface area contributed by atoms with Crippen LogP contribution in [0, 0.1) is 0 Å². The van der Waals surface area contributed by atoms with E-state index in [1.807, 2.05) is 24.3 Å². The molecule has 0 bridgehead atoms. The minimum absolute atomic E-state index is 0. The van der Waals surface area contributed by atoms with Crippen LogP contribution in [0.5, 0.6) is 0 Å². The summed E-state index contributed by atoms with van der Waals surface area (Å²) in [5.74, 6) is 0.788. The van der Waals surface area contributed by atoms with E-state index in [1.54, 1.807) is 6.20 Å². The first-order valence-electron chi connectivity index (χ1n) is 7.33. The molecule has 2 N–H and O–H groups in total. The van der Waals surface area contributed by atoms with E-state index in [9.17, 15) is 4.79 Å². The van der Waals surface area contributed by atoms with E-state index >= 15 is 0 Å². The van der Waals surface area contributed by atoms with Crippen LogP contribution in [0.1, 0.15) is 25.7 Å². The van der Waals surface area contributed by atoms with E-state index in [2.05, 4.69) is 15.6 Å². The Balaban J connectivity index is 0.00000176. The maximum Gasteiger partial charge on any atom is 0.224 e. The van der Waals surface area contributed by atoms with Gasteiger partial charge in [0.1, 0.15) is 0 Å². The number of nitrogens with one attached hydrogen (secondary N) is 2. The Morgan fingerprint density at radius 1 is 1.36 bits per heavy atom. The molecule has 2 aromatic rings. The lowest BCUT2D eigenvalue weighted by molar-refractivity contribution is -0.116. The van der Waals surface area contributed by atoms with Gasteiger partial charge in [-0.15, -0.1) is 12.4 Å². The molecule has 1 aromatic carbocycles. The van der Waals surface area contributed by atoms with Crippen molar-refractivity contribution in [1.82, 2.24) is 10.3 Å². The van der Waals surface area contributed by atoms with E-state index in [1.165, 1.54) is 19.2 Å². The number of carbonyl (C=O) groups is 1. The Morgan fingerprint density at radius 2 is 2.18 bits per heavy atom. The first kappa shape index (κ1) is 16.5. The van der Waals surface area contributed by atoms with Crippen LogP contribution >= 0.6 is 12.4 Å². The molecule has 1 aliphatic rings. The molecule has 3 rings (SSSR count). The van der Waals surface area contributed by atoms with Crippen LogP contribution in [0.4, 0.5) is 5.69 Å². The zero-order chi connectivity index (χ0) is 14.5. The third kappa shape index (κ3) is 4.32. The van der Waals surface area contributed by atoms with Gasteiger partial charge in [-0.05, 0) is 50.1 Å². The van der Waals surface area contributed by atoms with Crippen LogP contribution in [0.2, 0.25) is 0 Å². The van der Waals surface area contributed by atoms with Gasteiger partial charge in [-0.1, -0.05) is 0 Å². The highest BCUT2D eigenvalue weighted by molar-refractivity contribution is 5.90. The fraction of sp³-hybridized carbons (Fsp3) is 0.375. The minimum Gasteiger partial charge on any atom is -0.444 e. The summed E-state index contributed by atoms with van der Waals surface area (Å²) in [7, 11) is 0. The average Bonchev–Trinajstić information content (AvgIpc) is 3.19. The summed E-state index contributed by atoms with van der Waals surface area (Å²) >= 11 is 0. The molecule has 2 heterocycles. The van der Waals surface area contributed by atoms with Gasteiger partial charge < -0.3 is 15.1 Å². The van der Waals surface area contributed by atoms with Crippen molar-refractivity contribution in [2.75, 3.05) is 11.9 Å². The third-order valence-corrected chi connectivity index (χ3v) is 3.77. The Labute approximate surface area is 135 Å². The molecule has 0 saturated carbocycles. The molecule has 6 heteroatoms. The number of halogens is 1. The van der Waals surface area contributed by atoms with E-state index in [4.69, 9.17) is 4.42 Å². The van der Waals surface area contributed by atoms with Gasteiger partial charge in [0.25, 0.3) is 0 Å². The fourth-order valence-electron chi connectivity index (χ4n) is 2.61. The van der Waals surface area contributed by atoms with Crippen LogP contribution in [-0.2, 0) is 4.79 Å². The van der Waals surface area contributed by atoms with Gasteiger partial charge in [-0.25, -0.2) is 4.98 Å². The van der Waals surface area contributed by atoms with Crippen molar-refractivity contribution in [2.45, 2.75) is 31.7 Å².